The summed E-state index contributed by atoms with van der Waals surface area (Å²) in [5.41, 5.74) is 2.74. The highest BCUT2D eigenvalue weighted by molar-refractivity contribution is 5.80. The number of nitrogens with one attached hydrogen (secondary N) is 1. The van der Waals surface area contributed by atoms with Gasteiger partial charge in [-0.1, -0.05) is 31.2 Å². The van der Waals surface area contributed by atoms with Gasteiger partial charge in [-0.3, -0.25) is 4.90 Å². The van der Waals surface area contributed by atoms with Gasteiger partial charge in [0.05, 0.1) is 6.54 Å². The number of hydrogen-bond acceptors (Lipinski definition) is 5. The van der Waals surface area contributed by atoms with Gasteiger partial charge in [0.2, 0.25) is 5.95 Å². The van der Waals surface area contributed by atoms with Crippen LogP contribution >= 0.6 is 0 Å². The van der Waals surface area contributed by atoms with Gasteiger partial charge < -0.3 is 15.1 Å². The molecule has 0 unspecified atom stereocenters. The fourth-order valence-electron chi connectivity index (χ4n) is 4.49. The summed E-state index contributed by atoms with van der Waals surface area (Å²) in [5.74, 6) is 2.68. The third-order valence-corrected chi connectivity index (χ3v) is 6.54. The molecule has 1 aromatic heterocycles. The number of rotatable bonds is 6. The third-order valence-electron chi connectivity index (χ3n) is 6.54. The Kier molecular flexibility index (Phi) is 7.93. The summed E-state index contributed by atoms with van der Waals surface area (Å²) in [7, 11) is 0. The minimum absolute atomic E-state index is 0.713. The second-order valence-corrected chi connectivity index (χ2v) is 8.92. The van der Waals surface area contributed by atoms with Crippen molar-refractivity contribution >= 4 is 11.9 Å². The summed E-state index contributed by atoms with van der Waals surface area (Å²) >= 11 is 0. The van der Waals surface area contributed by atoms with Crippen molar-refractivity contribution in [3.8, 4) is 0 Å². The van der Waals surface area contributed by atoms with Gasteiger partial charge in [-0.15, -0.1) is 0 Å². The molecule has 7 nitrogen and oxygen atoms in total. The van der Waals surface area contributed by atoms with Gasteiger partial charge in [0.25, 0.3) is 0 Å². The lowest BCUT2D eigenvalue weighted by atomic mass is 9.98. The minimum atomic E-state index is 0.713. The lowest BCUT2D eigenvalue weighted by molar-refractivity contribution is 0.185. The second kappa shape index (κ2) is 11.3. The van der Waals surface area contributed by atoms with Crippen LogP contribution in [0.2, 0.25) is 0 Å². The van der Waals surface area contributed by atoms with E-state index in [0.29, 0.717) is 6.54 Å². The Balaban J connectivity index is 1.38. The van der Waals surface area contributed by atoms with E-state index in [2.05, 4.69) is 68.1 Å². The zero-order chi connectivity index (χ0) is 22.2. The SMILES string of the molecule is CCNC(=NCc1ccccc1CN1CCC(C)CC1)N1CCN(c2ncccn2)CC1. The van der Waals surface area contributed by atoms with Crippen molar-refractivity contribution in [1.29, 1.82) is 0 Å². The maximum absolute atomic E-state index is 5.03. The van der Waals surface area contributed by atoms with Crippen molar-refractivity contribution in [2.45, 2.75) is 39.8 Å². The fourth-order valence-corrected chi connectivity index (χ4v) is 4.49. The number of aromatic nitrogens is 2. The van der Waals surface area contributed by atoms with Crippen LogP contribution in [0.15, 0.2) is 47.7 Å². The van der Waals surface area contributed by atoms with Gasteiger partial charge in [-0.05, 0) is 56.0 Å². The number of piperazine rings is 1. The molecule has 2 fully saturated rings. The van der Waals surface area contributed by atoms with Gasteiger partial charge in [0.15, 0.2) is 5.96 Å². The molecule has 2 aliphatic heterocycles. The summed E-state index contributed by atoms with van der Waals surface area (Å²) in [5, 5.41) is 3.50. The third kappa shape index (κ3) is 5.97. The molecule has 3 heterocycles. The van der Waals surface area contributed by atoms with E-state index in [1.807, 2.05) is 18.5 Å². The van der Waals surface area contributed by atoms with Crippen molar-refractivity contribution in [2.75, 3.05) is 50.7 Å². The summed E-state index contributed by atoms with van der Waals surface area (Å²) in [6.45, 7) is 13.2. The molecule has 0 bridgehead atoms. The molecule has 2 aliphatic rings. The van der Waals surface area contributed by atoms with Crippen LogP contribution in [0, 0.1) is 5.92 Å². The molecule has 0 aliphatic carbocycles. The van der Waals surface area contributed by atoms with E-state index in [4.69, 9.17) is 4.99 Å². The maximum atomic E-state index is 5.03. The second-order valence-electron chi connectivity index (χ2n) is 8.92. The van der Waals surface area contributed by atoms with E-state index < -0.39 is 0 Å². The van der Waals surface area contributed by atoms with E-state index in [1.165, 1.54) is 37.1 Å². The summed E-state index contributed by atoms with van der Waals surface area (Å²) in [6.07, 6.45) is 6.24. The van der Waals surface area contributed by atoms with Crippen LogP contribution in [-0.2, 0) is 13.1 Å². The van der Waals surface area contributed by atoms with Crippen molar-refractivity contribution in [3.63, 3.8) is 0 Å². The van der Waals surface area contributed by atoms with Crippen molar-refractivity contribution in [3.05, 3.63) is 53.9 Å². The average Bonchev–Trinajstić information content (AvgIpc) is 2.85. The Labute approximate surface area is 192 Å². The Morgan fingerprint density at radius 2 is 1.66 bits per heavy atom. The zero-order valence-corrected chi connectivity index (χ0v) is 19.6. The molecular weight excluding hydrogens is 398 g/mol. The quantitative estimate of drug-likeness (QED) is 0.556. The first kappa shape index (κ1) is 22.5. The van der Waals surface area contributed by atoms with E-state index >= 15 is 0 Å². The van der Waals surface area contributed by atoms with Crippen LogP contribution in [0.1, 0.15) is 37.8 Å². The number of likely N-dealkylation sites (tertiary alicyclic amines) is 1. The monoisotopic (exact) mass is 435 g/mol. The van der Waals surface area contributed by atoms with Crippen molar-refractivity contribution in [1.82, 2.24) is 25.1 Å². The molecule has 1 N–H and O–H groups in total. The highest BCUT2D eigenvalue weighted by Crippen LogP contribution is 2.20. The van der Waals surface area contributed by atoms with Crippen molar-refractivity contribution in [2.24, 2.45) is 10.9 Å². The van der Waals surface area contributed by atoms with E-state index in [9.17, 15) is 0 Å². The molecule has 4 rings (SSSR count). The molecule has 172 valence electrons. The normalized spacial score (nSPS) is 18.8. The van der Waals surface area contributed by atoms with Crippen LogP contribution in [0.25, 0.3) is 0 Å². The van der Waals surface area contributed by atoms with Crippen LogP contribution in [0.3, 0.4) is 0 Å². The molecule has 7 heteroatoms. The Bertz CT molecular complexity index is 854. The molecule has 0 saturated carbocycles. The maximum Gasteiger partial charge on any atom is 0.225 e. The van der Waals surface area contributed by atoms with Crippen LogP contribution in [0.5, 0.6) is 0 Å². The molecule has 32 heavy (non-hydrogen) atoms. The van der Waals surface area contributed by atoms with E-state index in [-0.39, 0.29) is 0 Å². The number of piperidine rings is 1. The number of aliphatic imine (C=N–C) groups is 1. The first-order chi connectivity index (χ1) is 15.7. The van der Waals surface area contributed by atoms with Gasteiger partial charge in [-0.2, -0.15) is 0 Å². The predicted molar refractivity (Wildman–Crippen MR) is 131 cm³/mol. The molecule has 0 radical (unpaired) electrons. The van der Waals surface area contributed by atoms with Gasteiger partial charge in [-0.25, -0.2) is 15.0 Å². The molecule has 0 atom stereocenters. The zero-order valence-electron chi connectivity index (χ0n) is 19.6. The predicted octanol–water partition coefficient (Wildman–Crippen LogP) is 3.00. The topological polar surface area (TPSA) is 59.9 Å². The van der Waals surface area contributed by atoms with Crippen molar-refractivity contribution < 1.29 is 0 Å². The summed E-state index contributed by atoms with van der Waals surface area (Å²) in [4.78, 5) is 21.0. The smallest absolute Gasteiger partial charge is 0.225 e. The van der Waals surface area contributed by atoms with Crippen LogP contribution in [0.4, 0.5) is 5.95 Å². The Hall–Kier alpha value is -2.67. The van der Waals surface area contributed by atoms with E-state index in [1.54, 1.807) is 0 Å². The van der Waals surface area contributed by atoms with Gasteiger partial charge in [0.1, 0.15) is 0 Å². The first-order valence-electron chi connectivity index (χ1n) is 12.1. The van der Waals surface area contributed by atoms with Crippen LogP contribution < -0.4 is 10.2 Å². The largest absolute Gasteiger partial charge is 0.357 e. The number of nitrogens with zero attached hydrogens (tertiary/aromatic N) is 6. The lowest BCUT2D eigenvalue weighted by Crippen LogP contribution is -2.53. The number of hydrogen-bond donors (Lipinski definition) is 1. The molecule has 1 aromatic carbocycles. The molecule has 0 amide bonds. The van der Waals surface area contributed by atoms with Crippen LogP contribution in [-0.4, -0.2) is 71.5 Å². The molecule has 2 aromatic rings. The van der Waals surface area contributed by atoms with Gasteiger partial charge in [0, 0.05) is 51.7 Å². The standard InChI is InChI=1S/C25H37N7/c1-3-26-24(31-15-17-32(18-16-31)25-27-11-6-12-28-25)29-19-22-7-4-5-8-23(22)20-30-13-9-21(2)10-14-30/h4-8,11-12,21H,3,9-10,13-20H2,1-2H3,(H,26,29). The number of guanidine groups is 1. The number of anilines is 1. The Morgan fingerprint density at radius 1 is 0.969 bits per heavy atom. The molecule has 0 spiro atoms. The number of benzene rings is 1. The summed E-state index contributed by atoms with van der Waals surface area (Å²) in [6, 6.07) is 10.7. The minimum Gasteiger partial charge on any atom is -0.357 e. The summed E-state index contributed by atoms with van der Waals surface area (Å²) < 4.78 is 0. The highest BCUT2D eigenvalue weighted by atomic mass is 15.4. The van der Waals surface area contributed by atoms with Gasteiger partial charge >= 0.3 is 0 Å². The Morgan fingerprint density at radius 3 is 2.34 bits per heavy atom. The van der Waals surface area contributed by atoms with E-state index in [0.717, 1.165) is 57.1 Å². The lowest BCUT2D eigenvalue weighted by Gasteiger charge is -2.36. The fraction of sp³-hybridized carbons (Fsp3) is 0.560. The molecule has 2 saturated heterocycles. The average molecular weight is 436 g/mol. The first-order valence-corrected chi connectivity index (χ1v) is 12.1. The molecular formula is C25H37N7. The highest BCUT2D eigenvalue weighted by Gasteiger charge is 2.21.